The van der Waals surface area contributed by atoms with Gasteiger partial charge >= 0.3 is 28.4 Å². The second-order valence-corrected chi connectivity index (χ2v) is 15.9. The summed E-state index contributed by atoms with van der Waals surface area (Å²) in [4.78, 5) is 0. The molecule has 0 aromatic heterocycles. The van der Waals surface area contributed by atoms with Crippen LogP contribution in [0.4, 0.5) is 8.78 Å². The predicted molar refractivity (Wildman–Crippen MR) is 229 cm³/mol. The normalized spacial score (nSPS) is 15.6. The Hall–Kier alpha value is -3.10. The molecule has 4 aromatic carbocycles. The molecule has 0 bridgehead atoms. The summed E-state index contributed by atoms with van der Waals surface area (Å²) in [6.45, 7) is 20.6. The Balaban J connectivity index is 0.000000305. The van der Waals surface area contributed by atoms with Crippen molar-refractivity contribution >= 4 is 40.2 Å². The van der Waals surface area contributed by atoms with Gasteiger partial charge in [0, 0.05) is 11.6 Å². The van der Waals surface area contributed by atoms with E-state index in [0.717, 1.165) is 19.3 Å². The maximum atomic E-state index is 11.9. The van der Waals surface area contributed by atoms with Gasteiger partial charge in [-0.05, 0) is 70.2 Å². The van der Waals surface area contributed by atoms with Crippen molar-refractivity contribution in [2.45, 2.75) is 92.4 Å². The van der Waals surface area contributed by atoms with Gasteiger partial charge in [-0.25, -0.2) is 27.4 Å². The fourth-order valence-electron chi connectivity index (χ4n) is 6.83. The molecular weight excluding hydrogens is 789 g/mol. The molecule has 0 atom stereocenters. The molecule has 4 aromatic rings. The van der Waals surface area contributed by atoms with Crippen LogP contribution in [-0.2, 0) is 41.5 Å². The average Bonchev–Trinajstić information content (AvgIpc) is 3.79. The molecule has 0 spiro atoms. The summed E-state index contributed by atoms with van der Waals surface area (Å²) in [6.07, 6.45) is 17.8. The van der Waals surface area contributed by atoms with Crippen molar-refractivity contribution in [3.63, 3.8) is 0 Å². The number of benzene rings is 4. The minimum absolute atomic E-state index is 0. The molecule has 0 saturated heterocycles. The first-order valence-electron chi connectivity index (χ1n) is 18.0. The number of allylic oxidation sites excluding steroid dienone is 8. The minimum atomic E-state index is -0.209. The van der Waals surface area contributed by atoms with Crippen LogP contribution < -0.4 is 0 Å². The van der Waals surface area contributed by atoms with Crippen LogP contribution in [0.15, 0.2) is 103 Å². The Bertz CT molecular complexity index is 1850. The predicted octanol–water partition coefficient (Wildman–Crippen LogP) is 14.0. The van der Waals surface area contributed by atoms with Crippen LogP contribution in [0.5, 0.6) is 0 Å². The molecule has 0 heterocycles. The molecule has 0 unspecified atom stereocenters. The second kappa shape index (κ2) is 20.2. The molecule has 0 saturated carbocycles. The summed E-state index contributed by atoms with van der Waals surface area (Å²) < 4.78 is 27.1. The zero-order valence-electron chi connectivity index (χ0n) is 33.2. The number of fused-ring (bicyclic) bond motifs is 5. The average molecular weight is 843 g/mol. The Labute approximate surface area is 352 Å². The maximum absolute atomic E-state index is 11.9. The topological polar surface area (TPSA) is 0 Å². The third-order valence-electron chi connectivity index (χ3n) is 10.0. The van der Waals surface area contributed by atoms with Crippen LogP contribution in [0.25, 0.3) is 22.3 Å². The van der Waals surface area contributed by atoms with Crippen LogP contribution in [0.3, 0.4) is 0 Å². The molecule has 0 radical (unpaired) electrons. The molecule has 0 fully saturated rings. The van der Waals surface area contributed by atoms with Crippen molar-refractivity contribution < 1.29 is 33.0 Å². The van der Waals surface area contributed by atoms with Gasteiger partial charge in [0.05, 0.1) is 0 Å². The molecule has 54 heavy (non-hydrogen) atoms. The van der Waals surface area contributed by atoms with E-state index < -0.39 is 0 Å². The van der Waals surface area contributed by atoms with Crippen molar-refractivity contribution in [3.8, 4) is 11.1 Å². The second-order valence-electron chi connectivity index (χ2n) is 15.9. The Morgan fingerprint density at radius 2 is 1.19 bits per heavy atom. The Morgan fingerprint density at radius 3 is 1.59 bits per heavy atom. The molecule has 286 valence electrons. The first kappa shape index (κ1) is 47.1. The molecule has 0 nitrogen and oxygen atoms in total. The molecule has 5 heteroatoms. The zero-order chi connectivity index (χ0) is 38.3. The van der Waals surface area contributed by atoms with E-state index in [1.165, 1.54) is 134 Å². The molecule has 4 aliphatic carbocycles. The number of rotatable bonds is 0. The SMILES string of the molecule is CC(C)(C)C1=CC[C-]=C1.CC1=C[CH-]C(C)(C)c2cc3c(cc21)-c1cc2c(cc1C3)C(C)(C)CC=C2C.Cl.Cl.Fc1cc[c-]cc1.Fc1cc[c-]cc1.[CH2]=[Zr]. The van der Waals surface area contributed by atoms with Crippen molar-refractivity contribution in [1.82, 2.24) is 0 Å². The van der Waals surface area contributed by atoms with Crippen LogP contribution in [-0.4, -0.2) is 4.21 Å². The monoisotopic (exact) mass is 840 g/mol. The fourth-order valence-corrected chi connectivity index (χ4v) is 6.83. The van der Waals surface area contributed by atoms with Gasteiger partial charge in [-0.15, -0.1) is 68.0 Å². The number of hydrogen-bond donors (Lipinski definition) is 0. The van der Waals surface area contributed by atoms with E-state index in [9.17, 15) is 8.78 Å². The van der Waals surface area contributed by atoms with Crippen molar-refractivity contribution in [2.75, 3.05) is 0 Å². The quantitative estimate of drug-likeness (QED) is 0.136. The molecule has 8 rings (SSSR count). The zero-order valence-corrected chi connectivity index (χ0v) is 37.3. The van der Waals surface area contributed by atoms with Gasteiger partial charge in [0.15, 0.2) is 0 Å². The molecule has 0 amide bonds. The van der Waals surface area contributed by atoms with Gasteiger partial charge in [0.2, 0.25) is 0 Å². The third-order valence-corrected chi connectivity index (χ3v) is 10.0. The van der Waals surface area contributed by atoms with E-state index in [4.69, 9.17) is 0 Å². The van der Waals surface area contributed by atoms with Gasteiger partial charge in [0.1, 0.15) is 0 Å². The molecular formula is C49H54Cl2F2Zr-4. The first-order valence-corrected chi connectivity index (χ1v) is 19.7. The van der Waals surface area contributed by atoms with Gasteiger partial charge < -0.3 is 0 Å². The van der Waals surface area contributed by atoms with Crippen molar-refractivity contribution in [2.24, 2.45) is 5.41 Å². The van der Waals surface area contributed by atoms with Crippen LogP contribution >= 0.6 is 24.8 Å². The summed E-state index contributed by atoms with van der Waals surface area (Å²) in [5.41, 5.74) is 16.7. The molecule has 0 N–H and O–H groups in total. The van der Waals surface area contributed by atoms with E-state index in [1.807, 2.05) is 0 Å². The van der Waals surface area contributed by atoms with Gasteiger partial charge in [-0.2, -0.15) is 53.6 Å². The summed E-state index contributed by atoms with van der Waals surface area (Å²) >= 11 is 1.30. The van der Waals surface area contributed by atoms with Gasteiger partial charge in [-0.3, -0.25) is 6.08 Å². The van der Waals surface area contributed by atoms with E-state index in [1.54, 1.807) is 0 Å². The van der Waals surface area contributed by atoms with E-state index in [-0.39, 0.29) is 47.3 Å². The van der Waals surface area contributed by atoms with Crippen LogP contribution in [0.2, 0.25) is 0 Å². The number of halogens is 4. The van der Waals surface area contributed by atoms with Crippen LogP contribution in [0, 0.1) is 41.7 Å². The summed E-state index contributed by atoms with van der Waals surface area (Å²) in [7, 11) is 0. The Morgan fingerprint density at radius 1 is 0.704 bits per heavy atom. The van der Waals surface area contributed by atoms with Crippen LogP contribution in [0.1, 0.15) is 109 Å². The van der Waals surface area contributed by atoms with Crippen molar-refractivity contribution in [3.05, 3.63) is 172 Å². The fraction of sp³-hybridized carbons (Fsp3) is 0.306. The van der Waals surface area contributed by atoms with E-state index in [2.05, 4.69) is 140 Å². The first-order chi connectivity index (χ1) is 24.6. The molecule has 4 aliphatic rings. The van der Waals surface area contributed by atoms with E-state index in [0.29, 0.717) is 5.41 Å². The number of hydrogen-bond acceptors (Lipinski definition) is 0. The van der Waals surface area contributed by atoms with Gasteiger partial charge in [0.25, 0.3) is 0 Å². The summed E-state index contributed by atoms with van der Waals surface area (Å²) in [6, 6.07) is 26.9. The standard InChI is InChI=1S/C27H29.C9H13.2C6H4F.CH2.2ClH.Zr/c1-16-7-9-26(3,4)24-12-18-11-19-13-25-21(17(2)8-10-27(25,5)6)15-23(19)22(18)14-20(16)24;1-9(2,3)8-6-4-5-7-8;2*7-6-4-2-1-3-5-6;;;;/h7-9,12-15H,10-11H2,1-6H3;6-7H,4H2,1-3H3;2*2-5H;1H2;2*1H;/q4*-1;;;;. The summed E-state index contributed by atoms with van der Waals surface area (Å²) in [5.74, 6) is -0.419. The van der Waals surface area contributed by atoms with Gasteiger partial charge in [-0.1, -0.05) is 89.1 Å². The summed E-state index contributed by atoms with van der Waals surface area (Å²) in [5, 5.41) is 0. The molecule has 0 aliphatic heterocycles. The van der Waals surface area contributed by atoms with Crippen molar-refractivity contribution in [1.29, 1.82) is 0 Å². The van der Waals surface area contributed by atoms with E-state index >= 15 is 0 Å². The Kier molecular flexibility index (Phi) is 17.6. The third kappa shape index (κ3) is 11.7.